The Hall–Kier alpha value is -3.72. The summed E-state index contributed by atoms with van der Waals surface area (Å²) in [7, 11) is 0. The average molecular weight is 477 g/mol. The minimum Gasteiger partial charge on any atom is -0.404 e. The number of pyridine rings is 1. The number of hydrogen-bond donors (Lipinski definition) is 3. The van der Waals surface area contributed by atoms with E-state index in [1.165, 1.54) is 12.6 Å². The van der Waals surface area contributed by atoms with Crippen LogP contribution in [0.3, 0.4) is 0 Å². The molecule has 0 spiro atoms. The quantitative estimate of drug-likeness (QED) is 0.528. The van der Waals surface area contributed by atoms with Crippen LogP contribution in [0.25, 0.3) is 5.57 Å². The fourth-order valence-electron chi connectivity index (χ4n) is 4.40. The molecule has 0 radical (unpaired) electrons. The van der Waals surface area contributed by atoms with Crippen molar-refractivity contribution in [1.29, 1.82) is 5.41 Å². The number of nitrogens with two attached hydrogens (primary N) is 1. The van der Waals surface area contributed by atoms with Gasteiger partial charge in [0, 0.05) is 44.2 Å². The third-order valence-electron chi connectivity index (χ3n) is 6.34. The first kappa shape index (κ1) is 24.4. The molecule has 4 N–H and O–H groups in total. The van der Waals surface area contributed by atoms with Crippen LogP contribution < -0.4 is 16.0 Å². The molecule has 184 valence electrons. The van der Waals surface area contributed by atoms with Crippen molar-refractivity contribution in [3.05, 3.63) is 59.5 Å². The van der Waals surface area contributed by atoms with E-state index < -0.39 is 0 Å². The number of carbonyl (C=O) groups excluding carboxylic acids is 2. The van der Waals surface area contributed by atoms with Crippen LogP contribution in [-0.2, 0) is 16.0 Å². The van der Waals surface area contributed by atoms with E-state index in [4.69, 9.17) is 15.9 Å². The standard InChI is InChI=1S/C26H32N6O3/c27-17-20(18-28)21-5-4-6-23(29-21)26(34)30-22-8-7-19(15-24(22)31-9-2-1-3-10-31)16-25(33)32-11-13-35-14-12-32/h4-8,15,17-18,27H,1-3,9-14,16,28H2,(H,30,34)/b20-18+,27-17?. The maximum absolute atomic E-state index is 13.1. The van der Waals surface area contributed by atoms with Crippen molar-refractivity contribution in [2.75, 3.05) is 49.6 Å². The smallest absolute Gasteiger partial charge is 0.274 e. The van der Waals surface area contributed by atoms with E-state index >= 15 is 0 Å². The van der Waals surface area contributed by atoms with Gasteiger partial charge in [-0.2, -0.15) is 0 Å². The highest BCUT2D eigenvalue weighted by Gasteiger charge is 2.21. The minimum absolute atomic E-state index is 0.0886. The van der Waals surface area contributed by atoms with Gasteiger partial charge in [0.1, 0.15) is 5.69 Å². The summed E-state index contributed by atoms with van der Waals surface area (Å²) < 4.78 is 5.35. The van der Waals surface area contributed by atoms with Crippen molar-refractivity contribution in [2.24, 2.45) is 5.73 Å². The number of amides is 2. The van der Waals surface area contributed by atoms with Crippen molar-refractivity contribution in [2.45, 2.75) is 25.7 Å². The summed E-state index contributed by atoms with van der Waals surface area (Å²) in [4.78, 5) is 34.4. The number of piperidine rings is 1. The predicted molar refractivity (Wildman–Crippen MR) is 137 cm³/mol. The van der Waals surface area contributed by atoms with Gasteiger partial charge in [-0.1, -0.05) is 12.1 Å². The second-order valence-electron chi connectivity index (χ2n) is 8.70. The lowest BCUT2D eigenvalue weighted by molar-refractivity contribution is -0.134. The fourth-order valence-corrected chi connectivity index (χ4v) is 4.40. The van der Waals surface area contributed by atoms with Gasteiger partial charge >= 0.3 is 0 Å². The van der Waals surface area contributed by atoms with Gasteiger partial charge in [0.2, 0.25) is 5.91 Å². The van der Waals surface area contributed by atoms with Gasteiger partial charge in [-0.15, -0.1) is 0 Å². The minimum atomic E-state index is -0.344. The summed E-state index contributed by atoms with van der Waals surface area (Å²) in [5.74, 6) is -0.255. The Morgan fingerprint density at radius 2 is 1.80 bits per heavy atom. The summed E-state index contributed by atoms with van der Waals surface area (Å²) in [5, 5.41) is 10.5. The number of nitrogens with zero attached hydrogens (tertiary/aromatic N) is 3. The maximum Gasteiger partial charge on any atom is 0.274 e. The van der Waals surface area contributed by atoms with Crippen LogP contribution >= 0.6 is 0 Å². The Morgan fingerprint density at radius 3 is 2.51 bits per heavy atom. The van der Waals surface area contributed by atoms with Gasteiger partial charge < -0.3 is 31.0 Å². The molecule has 1 aromatic heterocycles. The van der Waals surface area contributed by atoms with Gasteiger partial charge in [-0.25, -0.2) is 4.98 Å². The number of ether oxygens (including phenoxy) is 1. The maximum atomic E-state index is 13.1. The topological polar surface area (TPSA) is 125 Å². The molecular formula is C26H32N6O3. The molecule has 2 aromatic rings. The molecule has 0 aliphatic carbocycles. The van der Waals surface area contributed by atoms with Crippen LogP contribution in [0.15, 0.2) is 42.6 Å². The number of morpholine rings is 1. The van der Waals surface area contributed by atoms with E-state index in [1.807, 2.05) is 23.1 Å². The zero-order valence-electron chi connectivity index (χ0n) is 19.8. The summed E-state index contributed by atoms with van der Waals surface area (Å²) >= 11 is 0. The number of anilines is 2. The van der Waals surface area contributed by atoms with Crippen LogP contribution in [0.2, 0.25) is 0 Å². The van der Waals surface area contributed by atoms with E-state index in [0.717, 1.165) is 43.4 Å². The molecule has 9 nitrogen and oxygen atoms in total. The van der Waals surface area contributed by atoms with Crippen LogP contribution in [0.5, 0.6) is 0 Å². The summed E-state index contributed by atoms with van der Waals surface area (Å²) in [6.07, 6.45) is 6.08. The van der Waals surface area contributed by atoms with Gasteiger partial charge in [-0.05, 0) is 49.1 Å². The van der Waals surface area contributed by atoms with Gasteiger partial charge in [0.15, 0.2) is 0 Å². The molecule has 3 heterocycles. The van der Waals surface area contributed by atoms with E-state index in [0.29, 0.717) is 49.7 Å². The van der Waals surface area contributed by atoms with Gasteiger partial charge in [-0.3, -0.25) is 9.59 Å². The zero-order valence-corrected chi connectivity index (χ0v) is 19.8. The molecule has 2 aliphatic heterocycles. The number of carbonyl (C=O) groups is 2. The van der Waals surface area contributed by atoms with E-state index in [9.17, 15) is 9.59 Å². The molecule has 4 rings (SSSR count). The van der Waals surface area contributed by atoms with Crippen LogP contribution in [0.4, 0.5) is 11.4 Å². The second kappa shape index (κ2) is 11.6. The average Bonchev–Trinajstić information content (AvgIpc) is 2.91. The summed E-state index contributed by atoms with van der Waals surface area (Å²) in [6.45, 7) is 4.21. The number of hydrogen-bond acceptors (Lipinski definition) is 7. The highest BCUT2D eigenvalue weighted by Crippen LogP contribution is 2.30. The number of rotatable bonds is 7. The van der Waals surface area contributed by atoms with E-state index in [2.05, 4.69) is 15.2 Å². The zero-order chi connectivity index (χ0) is 24.6. The van der Waals surface area contributed by atoms with Crippen LogP contribution in [0, 0.1) is 5.41 Å². The molecule has 9 heteroatoms. The van der Waals surface area contributed by atoms with Crippen molar-refractivity contribution in [3.63, 3.8) is 0 Å². The SMILES string of the molecule is N=C/C(=C\N)c1cccc(C(=O)Nc2ccc(CC(=O)N3CCOCC3)cc2N2CCCCC2)n1. The molecule has 0 saturated carbocycles. The number of allylic oxidation sites excluding steroid dienone is 1. The lowest BCUT2D eigenvalue weighted by Gasteiger charge is -2.31. The number of nitrogens with one attached hydrogen (secondary N) is 2. The predicted octanol–water partition coefficient (Wildman–Crippen LogP) is 2.67. The molecule has 2 saturated heterocycles. The fraction of sp³-hybridized carbons (Fsp3) is 0.385. The second-order valence-corrected chi connectivity index (χ2v) is 8.70. The van der Waals surface area contributed by atoms with Gasteiger partial charge in [0.05, 0.1) is 36.7 Å². The first-order chi connectivity index (χ1) is 17.1. The molecular weight excluding hydrogens is 444 g/mol. The highest BCUT2D eigenvalue weighted by atomic mass is 16.5. The summed E-state index contributed by atoms with van der Waals surface area (Å²) in [6, 6.07) is 10.8. The molecule has 0 bridgehead atoms. The molecule has 2 aliphatic rings. The Bertz CT molecular complexity index is 1100. The van der Waals surface area contributed by atoms with Crippen molar-refractivity contribution < 1.29 is 14.3 Å². The van der Waals surface area contributed by atoms with E-state index in [1.54, 1.807) is 18.2 Å². The molecule has 0 unspecified atom stereocenters. The first-order valence-corrected chi connectivity index (χ1v) is 12.0. The van der Waals surface area contributed by atoms with Crippen LogP contribution in [-0.4, -0.2) is 67.3 Å². The largest absolute Gasteiger partial charge is 0.404 e. The van der Waals surface area contributed by atoms with Crippen LogP contribution in [0.1, 0.15) is 41.0 Å². The molecule has 35 heavy (non-hydrogen) atoms. The monoisotopic (exact) mass is 476 g/mol. The molecule has 2 fully saturated rings. The Kier molecular flexibility index (Phi) is 8.10. The van der Waals surface area contributed by atoms with Crippen molar-refractivity contribution >= 4 is 35.0 Å². The molecule has 0 atom stereocenters. The Morgan fingerprint density at radius 1 is 1.06 bits per heavy atom. The number of benzene rings is 1. The third kappa shape index (κ3) is 6.05. The molecule has 2 amide bonds. The Labute approximate surface area is 205 Å². The van der Waals surface area contributed by atoms with Crippen molar-refractivity contribution in [1.82, 2.24) is 9.88 Å². The van der Waals surface area contributed by atoms with E-state index in [-0.39, 0.29) is 17.5 Å². The normalized spacial score (nSPS) is 16.6. The molecule has 1 aromatic carbocycles. The lowest BCUT2D eigenvalue weighted by atomic mass is 10.0. The summed E-state index contributed by atoms with van der Waals surface area (Å²) in [5.41, 5.74) is 9.23. The van der Waals surface area contributed by atoms with Gasteiger partial charge in [0.25, 0.3) is 5.91 Å². The van der Waals surface area contributed by atoms with Crippen molar-refractivity contribution in [3.8, 4) is 0 Å². The lowest BCUT2D eigenvalue weighted by Crippen LogP contribution is -2.41. The third-order valence-corrected chi connectivity index (χ3v) is 6.34. The number of aromatic nitrogens is 1. The highest BCUT2D eigenvalue weighted by molar-refractivity contribution is 6.08. The Balaban J connectivity index is 1.56. The first-order valence-electron chi connectivity index (χ1n) is 12.0.